The summed E-state index contributed by atoms with van der Waals surface area (Å²) in [6.07, 6.45) is 0. The number of rotatable bonds is 2. The zero-order valence-corrected chi connectivity index (χ0v) is 14.6. The average Bonchev–Trinajstić information content (AvgIpc) is 3.20. The lowest BCUT2D eigenvalue weighted by atomic mass is 10.1. The number of carbonyl (C=O) groups is 1. The van der Waals surface area contributed by atoms with Crippen molar-refractivity contribution in [1.29, 1.82) is 0 Å². The predicted octanol–water partition coefficient (Wildman–Crippen LogP) is 3.37. The van der Waals surface area contributed by atoms with Crippen molar-refractivity contribution in [2.24, 2.45) is 0 Å². The summed E-state index contributed by atoms with van der Waals surface area (Å²) in [6.45, 7) is 7.06. The van der Waals surface area contributed by atoms with E-state index in [4.69, 9.17) is 4.42 Å². The van der Waals surface area contributed by atoms with Crippen molar-refractivity contribution < 1.29 is 9.21 Å². The number of hydrogen-bond donors (Lipinski definition) is 0. The van der Waals surface area contributed by atoms with Crippen LogP contribution in [0.15, 0.2) is 40.8 Å². The summed E-state index contributed by atoms with van der Waals surface area (Å²) in [5.41, 5.74) is 1.56. The molecule has 4 rings (SSSR count). The Balaban J connectivity index is 1.61. The van der Waals surface area contributed by atoms with Crippen LogP contribution in [0, 0.1) is 13.8 Å². The molecule has 128 valence electrons. The highest BCUT2D eigenvalue weighted by Crippen LogP contribution is 2.26. The molecule has 0 saturated carbocycles. The molecule has 0 saturated heterocycles. The fourth-order valence-corrected chi connectivity index (χ4v) is 3.46. The van der Waals surface area contributed by atoms with E-state index in [1.807, 2.05) is 55.1 Å². The highest BCUT2D eigenvalue weighted by atomic mass is 16.3. The van der Waals surface area contributed by atoms with Crippen LogP contribution in [0.5, 0.6) is 0 Å². The van der Waals surface area contributed by atoms with Gasteiger partial charge in [-0.05, 0) is 45.0 Å². The van der Waals surface area contributed by atoms with Crippen molar-refractivity contribution in [3.8, 4) is 11.3 Å². The van der Waals surface area contributed by atoms with Crippen LogP contribution in [0.3, 0.4) is 0 Å². The summed E-state index contributed by atoms with van der Waals surface area (Å²) in [4.78, 5) is 14.8. The summed E-state index contributed by atoms with van der Waals surface area (Å²) in [5, 5.41) is 8.34. The average molecular weight is 336 g/mol. The topological polar surface area (TPSA) is 64.2 Å². The van der Waals surface area contributed by atoms with E-state index in [0.29, 0.717) is 18.7 Å². The molecule has 0 aliphatic carbocycles. The number of nitrogens with zero attached hydrogens (tertiary/aromatic N) is 4. The first kappa shape index (κ1) is 15.6. The third kappa shape index (κ3) is 2.73. The Kier molecular flexibility index (Phi) is 3.67. The second kappa shape index (κ2) is 5.88. The van der Waals surface area contributed by atoms with Gasteiger partial charge in [0.2, 0.25) is 0 Å². The molecule has 1 aliphatic rings. The van der Waals surface area contributed by atoms with Gasteiger partial charge in [-0.25, -0.2) is 0 Å². The molecule has 0 bridgehead atoms. The molecule has 1 aliphatic heterocycles. The SMILES string of the molecule is Cc1ccc(-c2cccc(C(=O)N3Cc4nnc(C)n4[C@H](C)C3)c2)o1. The quantitative estimate of drug-likeness (QED) is 0.720. The Morgan fingerprint density at radius 2 is 2.04 bits per heavy atom. The van der Waals surface area contributed by atoms with E-state index in [-0.39, 0.29) is 11.9 Å². The Bertz CT molecular complexity index is 941. The van der Waals surface area contributed by atoms with Gasteiger partial charge < -0.3 is 13.9 Å². The minimum Gasteiger partial charge on any atom is -0.461 e. The summed E-state index contributed by atoms with van der Waals surface area (Å²) < 4.78 is 7.77. The van der Waals surface area contributed by atoms with Gasteiger partial charge in [-0.1, -0.05) is 12.1 Å². The monoisotopic (exact) mass is 336 g/mol. The van der Waals surface area contributed by atoms with Gasteiger partial charge in [0.25, 0.3) is 5.91 Å². The Morgan fingerprint density at radius 1 is 1.20 bits per heavy atom. The normalized spacial score (nSPS) is 16.8. The van der Waals surface area contributed by atoms with Crippen LogP contribution >= 0.6 is 0 Å². The predicted molar refractivity (Wildman–Crippen MR) is 93.1 cm³/mol. The largest absolute Gasteiger partial charge is 0.461 e. The Labute approximate surface area is 146 Å². The molecule has 1 aromatic carbocycles. The molecule has 0 unspecified atom stereocenters. The van der Waals surface area contributed by atoms with E-state index in [0.717, 1.165) is 28.7 Å². The fraction of sp³-hybridized carbons (Fsp3) is 0.316. The van der Waals surface area contributed by atoms with Crippen LogP contribution in [0.25, 0.3) is 11.3 Å². The number of fused-ring (bicyclic) bond motifs is 1. The third-order valence-corrected chi connectivity index (χ3v) is 4.62. The summed E-state index contributed by atoms with van der Waals surface area (Å²) >= 11 is 0. The first-order valence-corrected chi connectivity index (χ1v) is 8.39. The molecule has 3 aromatic rings. The van der Waals surface area contributed by atoms with Gasteiger partial charge in [0.1, 0.15) is 17.3 Å². The second-order valence-corrected chi connectivity index (χ2v) is 6.56. The Hall–Kier alpha value is -2.89. The van der Waals surface area contributed by atoms with E-state index >= 15 is 0 Å². The third-order valence-electron chi connectivity index (χ3n) is 4.62. The van der Waals surface area contributed by atoms with Crippen molar-refractivity contribution in [2.75, 3.05) is 6.54 Å². The van der Waals surface area contributed by atoms with Crippen molar-refractivity contribution in [3.05, 3.63) is 59.4 Å². The van der Waals surface area contributed by atoms with E-state index in [2.05, 4.69) is 21.7 Å². The zero-order chi connectivity index (χ0) is 17.6. The van der Waals surface area contributed by atoms with Crippen molar-refractivity contribution in [1.82, 2.24) is 19.7 Å². The standard InChI is InChI=1S/C19H20N4O2/c1-12-10-22(11-18-21-20-14(3)23(12)18)19(24)16-6-4-5-15(9-16)17-8-7-13(2)25-17/h4-9,12H,10-11H2,1-3H3/t12-/m1/s1. The molecule has 1 amide bonds. The zero-order valence-electron chi connectivity index (χ0n) is 14.6. The number of hydrogen-bond acceptors (Lipinski definition) is 4. The molecule has 6 nitrogen and oxygen atoms in total. The maximum Gasteiger partial charge on any atom is 0.254 e. The smallest absolute Gasteiger partial charge is 0.254 e. The number of furan rings is 1. The minimum atomic E-state index is 0.00359. The maximum absolute atomic E-state index is 13.0. The van der Waals surface area contributed by atoms with E-state index < -0.39 is 0 Å². The molecule has 0 spiro atoms. The van der Waals surface area contributed by atoms with Gasteiger partial charge in [0.05, 0.1) is 12.6 Å². The van der Waals surface area contributed by atoms with Crippen LogP contribution < -0.4 is 0 Å². The lowest BCUT2D eigenvalue weighted by Gasteiger charge is -2.32. The molecular weight excluding hydrogens is 316 g/mol. The summed E-state index contributed by atoms with van der Waals surface area (Å²) in [5.74, 6) is 3.36. The highest BCUT2D eigenvalue weighted by Gasteiger charge is 2.28. The molecule has 1 atom stereocenters. The molecule has 2 aromatic heterocycles. The maximum atomic E-state index is 13.0. The molecule has 25 heavy (non-hydrogen) atoms. The molecule has 3 heterocycles. The van der Waals surface area contributed by atoms with E-state index in [9.17, 15) is 4.79 Å². The number of carbonyl (C=O) groups excluding carboxylic acids is 1. The number of amides is 1. The van der Waals surface area contributed by atoms with Crippen LogP contribution in [0.1, 0.15) is 40.7 Å². The van der Waals surface area contributed by atoms with Gasteiger partial charge in [-0.2, -0.15) is 0 Å². The first-order chi connectivity index (χ1) is 12.0. The molecule has 0 radical (unpaired) electrons. The molecule has 0 fully saturated rings. The minimum absolute atomic E-state index is 0.00359. The molecule has 6 heteroatoms. The van der Waals surface area contributed by atoms with Gasteiger partial charge in [-0.15, -0.1) is 10.2 Å². The van der Waals surface area contributed by atoms with Crippen molar-refractivity contribution >= 4 is 5.91 Å². The fourth-order valence-electron chi connectivity index (χ4n) is 3.46. The van der Waals surface area contributed by atoms with Gasteiger partial charge >= 0.3 is 0 Å². The number of aryl methyl sites for hydroxylation is 2. The number of aromatic nitrogens is 3. The first-order valence-electron chi connectivity index (χ1n) is 8.39. The summed E-state index contributed by atoms with van der Waals surface area (Å²) in [7, 11) is 0. The van der Waals surface area contributed by atoms with Crippen LogP contribution in [0.2, 0.25) is 0 Å². The lowest BCUT2D eigenvalue weighted by Crippen LogP contribution is -2.40. The van der Waals surface area contributed by atoms with Crippen molar-refractivity contribution in [2.45, 2.75) is 33.4 Å². The van der Waals surface area contributed by atoms with E-state index in [1.54, 1.807) is 0 Å². The van der Waals surface area contributed by atoms with Gasteiger partial charge in [0.15, 0.2) is 5.82 Å². The number of benzene rings is 1. The summed E-state index contributed by atoms with van der Waals surface area (Å²) in [6, 6.07) is 11.6. The van der Waals surface area contributed by atoms with Crippen LogP contribution in [-0.2, 0) is 6.54 Å². The van der Waals surface area contributed by atoms with Gasteiger partial charge in [-0.3, -0.25) is 4.79 Å². The van der Waals surface area contributed by atoms with Crippen LogP contribution in [-0.4, -0.2) is 32.1 Å². The second-order valence-electron chi connectivity index (χ2n) is 6.56. The van der Waals surface area contributed by atoms with E-state index in [1.165, 1.54) is 0 Å². The van der Waals surface area contributed by atoms with Gasteiger partial charge in [0, 0.05) is 17.7 Å². The highest BCUT2D eigenvalue weighted by molar-refractivity contribution is 5.95. The Morgan fingerprint density at radius 3 is 2.80 bits per heavy atom. The van der Waals surface area contributed by atoms with Crippen LogP contribution in [0.4, 0.5) is 0 Å². The molecule has 0 N–H and O–H groups in total. The lowest BCUT2D eigenvalue weighted by molar-refractivity contribution is 0.0680. The van der Waals surface area contributed by atoms with Crippen molar-refractivity contribution in [3.63, 3.8) is 0 Å². The molecular formula is C19H20N4O2.